The highest BCUT2D eigenvalue weighted by molar-refractivity contribution is 7.74. The van der Waals surface area contributed by atoms with E-state index in [-0.39, 0.29) is 0 Å². The molecule has 0 N–H and O–H groups in total. The fourth-order valence-corrected chi connectivity index (χ4v) is 0.578. The van der Waals surface area contributed by atoms with Crippen LogP contribution in [0, 0.1) is 0 Å². The molecule has 0 aromatic carbocycles. The van der Waals surface area contributed by atoms with Crippen molar-refractivity contribution in [2.24, 2.45) is 0 Å². The van der Waals surface area contributed by atoms with E-state index in [2.05, 4.69) is 4.18 Å². The fraction of sp³-hybridized carbons (Fsp3) is 1.00. The van der Waals surface area contributed by atoms with Crippen LogP contribution >= 0.6 is 0 Å². The molecule has 0 heterocycles. The first-order valence-corrected chi connectivity index (χ1v) is 3.53. The first-order chi connectivity index (χ1) is 5.92. The van der Waals surface area contributed by atoms with Gasteiger partial charge in [-0.3, -0.25) is 0 Å². The average molecular weight is 249 g/mol. The van der Waals surface area contributed by atoms with Crippen LogP contribution < -0.4 is 0 Å². The van der Waals surface area contributed by atoms with E-state index in [1.165, 1.54) is 0 Å². The van der Waals surface area contributed by atoms with E-state index in [0.29, 0.717) is 0 Å². The molecule has 0 aliphatic rings. The van der Waals surface area contributed by atoms with Crippen molar-refractivity contribution >= 4 is 11.4 Å². The van der Waals surface area contributed by atoms with Gasteiger partial charge in [0.15, 0.2) is 0 Å². The van der Waals surface area contributed by atoms with Crippen molar-refractivity contribution in [3.05, 3.63) is 0 Å². The van der Waals surface area contributed by atoms with Crippen LogP contribution in [0.1, 0.15) is 0 Å². The lowest BCUT2D eigenvalue weighted by Gasteiger charge is -2.27. The topological polar surface area (TPSA) is 49.4 Å². The molecule has 11 heteroatoms. The van der Waals surface area contributed by atoms with Crippen molar-refractivity contribution in [1.82, 2.24) is 0 Å². The van der Waals surface area contributed by atoms with Crippen molar-refractivity contribution in [3.8, 4) is 0 Å². The van der Waals surface area contributed by atoms with Crippen LogP contribution in [0.4, 0.5) is 30.7 Å². The highest BCUT2D eigenvalue weighted by Crippen LogP contribution is 2.47. The van der Waals surface area contributed by atoms with Gasteiger partial charge in [-0.1, -0.05) is 0 Å². The summed E-state index contributed by atoms with van der Waals surface area (Å²) in [6.45, 7) is 0. The molecule has 0 fully saturated rings. The molecule has 0 saturated carbocycles. The van der Waals surface area contributed by atoms with Gasteiger partial charge in [0, 0.05) is 0 Å². The molecule has 3 nitrogen and oxygen atoms in total. The average Bonchev–Trinajstić information content (AvgIpc) is 1.80. The molecule has 1 unspecified atom stereocenters. The van der Waals surface area contributed by atoms with E-state index in [0.717, 1.165) is 0 Å². The molecule has 0 rings (SSSR count). The quantitative estimate of drug-likeness (QED) is 0.563. The maximum absolute atomic E-state index is 11.9. The van der Waals surface area contributed by atoms with Gasteiger partial charge in [-0.15, -0.1) is 0 Å². The van der Waals surface area contributed by atoms with Gasteiger partial charge in [0.1, 0.15) is 0 Å². The van der Waals surface area contributed by atoms with Crippen LogP contribution in [0.15, 0.2) is 0 Å². The van der Waals surface area contributed by atoms with Crippen molar-refractivity contribution in [2.45, 2.75) is 18.2 Å². The number of hydrogen-bond acceptors (Lipinski definition) is 3. The number of halogens is 7. The molecule has 0 amide bonds. The third kappa shape index (κ3) is 2.54. The summed E-state index contributed by atoms with van der Waals surface area (Å²) >= 11 is -4.20. The Morgan fingerprint density at radius 2 is 1.36 bits per heavy atom. The van der Waals surface area contributed by atoms with Crippen LogP contribution in [0.25, 0.3) is 0 Å². The lowest BCUT2D eigenvalue weighted by molar-refractivity contribution is -0.402. The largest absolute Gasteiger partial charge is 0.750 e. The highest BCUT2D eigenvalue weighted by Gasteiger charge is 2.75. The van der Waals surface area contributed by atoms with Gasteiger partial charge in [-0.2, -0.15) is 30.7 Å². The summed E-state index contributed by atoms with van der Waals surface area (Å²) in [5, 5.41) is 0. The van der Waals surface area contributed by atoms with Crippen LogP contribution in [0.5, 0.6) is 0 Å². The second-order valence-corrected chi connectivity index (χ2v) is 2.45. The van der Waals surface area contributed by atoms with Crippen LogP contribution in [0.3, 0.4) is 0 Å². The standard InChI is InChI=1S/C3HF7O3S/c4-1(5,2(6,7)8)3(9,10)13-14(11)12/h(H,11,12)/p-1. The van der Waals surface area contributed by atoms with E-state index < -0.39 is 29.6 Å². The molecule has 86 valence electrons. The number of alkyl halides is 7. The van der Waals surface area contributed by atoms with Crippen molar-refractivity contribution < 1.29 is 43.7 Å². The maximum atomic E-state index is 11.9. The lowest BCUT2D eigenvalue weighted by Crippen LogP contribution is -2.53. The third-order valence-electron chi connectivity index (χ3n) is 0.894. The number of hydrogen-bond donors (Lipinski definition) is 0. The molecule has 1 atom stereocenters. The molecule has 0 aromatic heterocycles. The maximum Gasteiger partial charge on any atom is 0.462 e. The number of rotatable bonds is 3. The van der Waals surface area contributed by atoms with Crippen LogP contribution in [-0.2, 0) is 15.5 Å². The van der Waals surface area contributed by atoms with Gasteiger partial charge in [0.2, 0.25) is 0 Å². The van der Waals surface area contributed by atoms with E-state index >= 15 is 0 Å². The van der Waals surface area contributed by atoms with E-state index in [4.69, 9.17) is 0 Å². The Morgan fingerprint density at radius 1 is 1.00 bits per heavy atom. The van der Waals surface area contributed by atoms with Gasteiger partial charge in [-0.25, -0.2) is 8.39 Å². The highest BCUT2D eigenvalue weighted by atomic mass is 32.2. The zero-order chi connectivity index (χ0) is 11.8. The second kappa shape index (κ2) is 3.62. The Labute approximate surface area is 74.3 Å². The Balaban J connectivity index is 4.97. The first kappa shape index (κ1) is 13.6. The molecule has 0 saturated heterocycles. The summed E-state index contributed by atoms with van der Waals surface area (Å²) < 4.78 is 102. The minimum atomic E-state index is -6.62. The first-order valence-electron chi connectivity index (χ1n) is 2.53. The van der Waals surface area contributed by atoms with Crippen molar-refractivity contribution in [1.29, 1.82) is 0 Å². The molecule has 0 aromatic rings. The normalized spacial score (nSPS) is 16.9. The zero-order valence-corrected chi connectivity index (χ0v) is 6.60. The molecule has 0 aliphatic heterocycles. The van der Waals surface area contributed by atoms with Crippen molar-refractivity contribution in [3.63, 3.8) is 0 Å². The molecule has 0 aliphatic carbocycles. The predicted molar refractivity (Wildman–Crippen MR) is 26.0 cm³/mol. The van der Waals surface area contributed by atoms with Crippen LogP contribution in [-0.4, -0.2) is 27.0 Å². The smallest absolute Gasteiger partial charge is 0.462 e. The minimum Gasteiger partial charge on any atom is -0.750 e. The molecule has 14 heavy (non-hydrogen) atoms. The van der Waals surface area contributed by atoms with E-state index in [9.17, 15) is 39.5 Å². The summed E-state index contributed by atoms with van der Waals surface area (Å²) in [5.41, 5.74) is 0. The third-order valence-corrected chi connectivity index (χ3v) is 1.24. The lowest BCUT2D eigenvalue weighted by atomic mass is 10.3. The summed E-state index contributed by atoms with van der Waals surface area (Å²) in [7, 11) is 0. The monoisotopic (exact) mass is 249 g/mol. The van der Waals surface area contributed by atoms with E-state index in [1.54, 1.807) is 0 Å². The zero-order valence-electron chi connectivity index (χ0n) is 5.78. The molecular formula is C3F7O3S-. The second-order valence-electron chi connectivity index (χ2n) is 1.88. The Bertz CT molecular complexity index is 235. The summed E-state index contributed by atoms with van der Waals surface area (Å²) in [5.74, 6) is -6.58. The summed E-state index contributed by atoms with van der Waals surface area (Å²) in [4.78, 5) is 0. The summed E-state index contributed by atoms with van der Waals surface area (Å²) in [6, 6.07) is 0. The van der Waals surface area contributed by atoms with E-state index in [1.807, 2.05) is 0 Å². The van der Waals surface area contributed by atoms with Gasteiger partial charge < -0.3 is 4.55 Å². The van der Waals surface area contributed by atoms with Crippen LogP contribution in [0.2, 0.25) is 0 Å². The van der Waals surface area contributed by atoms with Gasteiger partial charge in [-0.05, 0) is 0 Å². The Hall–Kier alpha value is -0.420. The SMILES string of the molecule is O=S([O-])OC(F)(F)C(F)(F)C(F)(F)F. The molecule has 0 radical (unpaired) electrons. The summed E-state index contributed by atoms with van der Waals surface area (Å²) in [6.07, 6.45) is -12.8. The Morgan fingerprint density at radius 3 is 1.57 bits per heavy atom. The fourth-order valence-electron chi connectivity index (χ4n) is 0.303. The Kier molecular flexibility index (Phi) is 3.51. The molecule has 0 bridgehead atoms. The van der Waals surface area contributed by atoms with Gasteiger partial charge >= 0.3 is 18.2 Å². The van der Waals surface area contributed by atoms with Gasteiger partial charge in [0.25, 0.3) is 0 Å². The van der Waals surface area contributed by atoms with Crippen molar-refractivity contribution in [2.75, 3.05) is 0 Å². The minimum absolute atomic E-state index is 2.14. The van der Waals surface area contributed by atoms with Gasteiger partial charge in [0.05, 0.1) is 11.4 Å². The molecular weight excluding hydrogens is 249 g/mol. The predicted octanol–water partition coefficient (Wildman–Crippen LogP) is 1.59. The molecule has 0 spiro atoms.